The Kier molecular flexibility index (Phi) is 6.88. The van der Waals surface area contributed by atoms with Gasteiger partial charge in [-0.1, -0.05) is 38.1 Å². The molecule has 2 aromatic carbocycles. The molecule has 0 aromatic heterocycles. The van der Waals surface area contributed by atoms with Gasteiger partial charge < -0.3 is 20.5 Å². The van der Waals surface area contributed by atoms with Crippen LogP contribution in [0.3, 0.4) is 0 Å². The fourth-order valence-electron chi connectivity index (χ4n) is 2.65. The minimum atomic E-state index is -1.46. The van der Waals surface area contributed by atoms with Crippen LogP contribution in [0.2, 0.25) is 0 Å². The van der Waals surface area contributed by atoms with E-state index in [1.165, 1.54) is 6.07 Å². The fraction of sp³-hybridized carbons (Fsp3) is 0.190. The molecule has 6 heteroatoms. The van der Waals surface area contributed by atoms with Gasteiger partial charge in [-0.3, -0.25) is 9.59 Å². The third-order valence-electron chi connectivity index (χ3n) is 4.00. The van der Waals surface area contributed by atoms with Crippen molar-refractivity contribution in [1.82, 2.24) is 0 Å². The van der Waals surface area contributed by atoms with Crippen LogP contribution in [-0.4, -0.2) is 17.8 Å². The number of anilines is 2. The Hall–Kier alpha value is -3.41. The van der Waals surface area contributed by atoms with Crippen LogP contribution in [0.4, 0.5) is 11.4 Å². The molecule has 0 bridgehead atoms. The molecule has 0 heterocycles. The lowest BCUT2D eigenvalue weighted by atomic mass is 10.0. The fourth-order valence-corrected chi connectivity index (χ4v) is 2.65. The van der Waals surface area contributed by atoms with Gasteiger partial charge in [-0.15, -0.1) is 0 Å². The van der Waals surface area contributed by atoms with E-state index in [1.54, 1.807) is 18.2 Å². The van der Waals surface area contributed by atoms with Crippen molar-refractivity contribution in [3.63, 3.8) is 0 Å². The Morgan fingerprint density at radius 1 is 0.926 bits per heavy atom. The van der Waals surface area contributed by atoms with Gasteiger partial charge in [0.2, 0.25) is 5.91 Å². The van der Waals surface area contributed by atoms with E-state index in [1.807, 2.05) is 32.0 Å². The zero-order valence-electron chi connectivity index (χ0n) is 15.2. The molecule has 0 atom stereocenters. The molecular formula is C21H21N2O4-. The average molecular weight is 365 g/mol. The summed E-state index contributed by atoms with van der Waals surface area (Å²) in [6, 6.07) is 12.4. The lowest BCUT2D eigenvalue weighted by Gasteiger charge is -2.15. The maximum absolute atomic E-state index is 12.7. The van der Waals surface area contributed by atoms with Gasteiger partial charge in [-0.05, 0) is 48.2 Å². The Morgan fingerprint density at radius 3 is 2.15 bits per heavy atom. The number of para-hydroxylation sites is 1. The number of carboxylic acids is 1. The molecule has 2 amide bonds. The highest BCUT2D eigenvalue weighted by atomic mass is 16.4. The number of carbonyl (C=O) groups is 3. The standard InChI is InChI=1S/C21H22N2O4/c1-3-14-7-5-8-15(4-2)20(14)23-21(27)16-9-6-10-17(13-16)22-18(24)11-12-19(25)26/h5-13H,3-4H2,1-2H3,(H,22,24)(H,23,27)(H,25,26)/p-1. The highest BCUT2D eigenvalue weighted by molar-refractivity contribution is 6.07. The Labute approximate surface area is 157 Å². The second-order valence-corrected chi connectivity index (χ2v) is 5.83. The number of rotatable bonds is 7. The van der Waals surface area contributed by atoms with E-state index >= 15 is 0 Å². The molecule has 27 heavy (non-hydrogen) atoms. The number of aliphatic carboxylic acids is 1. The second kappa shape index (κ2) is 9.33. The summed E-state index contributed by atoms with van der Waals surface area (Å²) in [7, 11) is 0. The predicted molar refractivity (Wildman–Crippen MR) is 102 cm³/mol. The van der Waals surface area contributed by atoms with Crippen LogP contribution >= 0.6 is 0 Å². The number of nitrogens with one attached hydrogen (secondary N) is 2. The monoisotopic (exact) mass is 365 g/mol. The van der Waals surface area contributed by atoms with E-state index in [0.29, 0.717) is 17.3 Å². The highest BCUT2D eigenvalue weighted by Gasteiger charge is 2.12. The lowest BCUT2D eigenvalue weighted by molar-refractivity contribution is -0.297. The van der Waals surface area contributed by atoms with Gasteiger partial charge in [-0.2, -0.15) is 0 Å². The van der Waals surface area contributed by atoms with Crippen LogP contribution < -0.4 is 15.7 Å². The first-order chi connectivity index (χ1) is 12.9. The number of hydrogen-bond acceptors (Lipinski definition) is 4. The molecule has 2 N–H and O–H groups in total. The number of carboxylic acid groups (broad SMARTS) is 1. The smallest absolute Gasteiger partial charge is 0.255 e. The first-order valence-electron chi connectivity index (χ1n) is 8.66. The van der Waals surface area contributed by atoms with E-state index in [-0.39, 0.29) is 5.91 Å². The molecule has 140 valence electrons. The van der Waals surface area contributed by atoms with Gasteiger partial charge >= 0.3 is 0 Å². The highest BCUT2D eigenvalue weighted by Crippen LogP contribution is 2.23. The molecule has 2 rings (SSSR count). The van der Waals surface area contributed by atoms with E-state index in [4.69, 9.17) is 0 Å². The third kappa shape index (κ3) is 5.54. The molecule has 0 radical (unpaired) electrons. The first kappa shape index (κ1) is 19.9. The molecule has 0 saturated carbocycles. The topological polar surface area (TPSA) is 98.3 Å². The molecule has 0 saturated heterocycles. The van der Waals surface area contributed by atoms with Gasteiger partial charge in [0.1, 0.15) is 0 Å². The van der Waals surface area contributed by atoms with E-state index in [2.05, 4.69) is 10.6 Å². The minimum absolute atomic E-state index is 0.285. The van der Waals surface area contributed by atoms with Crippen LogP contribution in [0.25, 0.3) is 0 Å². The number of aryl methyl sites for hydroxylation is 2. The van der Waals surface area contributed by atoms with E-state index in [9.17, 15) is 19.5 Å². The van der Waals surface area contributed by atoms with Crippen molar-refractivity contribution in [1.29, 1.82) is 0 Å². The van der Waals surface area contributed by atoms with E-state index in [0.717, 1.165) is 35.7 Å². The molecule has 6 nitrogen and oxygen atoms in total. The van der Waals surface area contributed by atoms with Gasteiger partial charge in [0, 0.05) is 23.0 Å². The molecule has 0 aliphatic rings. The molecule has 0 fully saturated rings. The van der Waals surface area contributed by atoms with Crippen molar-refractivity contribution in [3.05, 3.63) is 71.3 Å². The van der Waals surface area contributed by atoms with Gasteiger partial charge in [0.05, 0.1) is 5.97 Å². The predicted octanol–water partition coefficient (Wildman–Crippen LogP) is 2.31. The first-order valence-corrected chi connectivity index (χ1v) is 8.66. The summed E-state index contributed by atoms with van der Waals surface area (Å²) in [6.45, 7) is 4.06. The molecule has 0 unspecified atom stereocenters. The van der Waals surface area contributed by atoms with Crippen molar-refractivity contribution in [3.8, 4) is 0 Å². The van der Waals surface area contributed by atoms with Crippen molar-refractivity contribution in [2.75, 3.05) is 10.6 Å². The summed E-state index contributed by atoms with van der Waals surface area (Å²) in [5, 5.41) is 15.8. The average Bonchev–Trinajstić information content (AvgIpc) is 2.66. The maximum Gasteiger partial charge on any atom is 0.255 e. The summed E-state index contributed by atoms with van der Waals surface area (Å²) < 4.78 is 0. The molecule has 2 aromatic rings. The summed E-state index contributed by atoms with van der Waals surface area (Å²) in [6.07, 6.45) is 3.08. The third-order valence-corrected chi connectivity index (χ3v) is 4.00. The Balaban J connectivity index is 2.19. The zero-order valence-corrected chi connectivity index (χ0v) is 15.2. The molecule has 0 aliphatic carbocycles. The minimum Gasteiger partial charge on any atom is -0.545 e. The zero-order chi connectivity index (χ0) is 19.8. The summed E-state index contributed by atoms with van der Waals surface area (Å²) >= 11 is 0. The van der Waals surface area contributed by atoms with E-state index < -0.39 is 11.9 Å². The van der Waals surface area contributed by atoms with Crippen molar-refractivity contribution in [2.45, 2.75) is 26.7 Å². The number of carbonyl (C=O) groups excluding carboxylic acids is 3. The van der Waals surface area contributed by atoms with Crippen molar-refractivity contribution in [2.24, 2.45) is 0 Å². The SMILES string of the molecule is CCc1cccc(CC)c1NC(=O)c1cccc(NC(=O)C=CC(=O)[O-])c1. The van der Waals surface area contributed by atoms with Crippen molar-refractivity contribution < 1.29 is 19.5 Å². The summed E-state index contributed by atoms with van der Waals surface area (Å²) in [5.41, 5.74) is 3.69. The number of amides is 2. The lowest BCUT2D eigenvalue weighted by Crippen LogP contribution is -2.20. The number of benzene rings is 2. The van der Waals surface area contributed by atoms with Gasteiger partial charge in [0.15, 0.2) is 0 Å². The molecular weight excluding hydrogens is 344 g/mol. The quantitative estimate of drug-likeness (QED) is 0.736. The molecule has 0 aliphatic heterocycles. The summed E-state index contributed by atoms with van der Waals surface area (Å²) in [4.78, 5) is 34.7. The Morgan fingerprint density at radius 2 is 1.56 bits per heavy atom. The van der Waals surface area contributed by atoms with Crippen molar-refractivity contribution >= 4 is 29.2 Å². The van der Waals surface area contributed by atoms with Crippen LogP contribution in [0, 0.1) is 0 Å². The number of hydrogen-bond donors (Lipinski definition) is 2. The van der Waals surface area contributed by atoms with Crippen LogP contribution in [-0.2, 0) is 22.4 Å². The van der Waals surface area contributed by atoms with Crippen LogP contribution in [0.1, 0.15) is 35.3 Å². The van der Waals surface area contributed by atoms with Crippen LogP contribution in [0.5, 0.6) is 0 Å². The Bertz CT molecular complexity index is 865. The van der Waals surface area contributed by atoms with Gasteiger partial charge in [-0.25, -0.2) is 0 Å². The maximum atomic E-state index is 12.7. The second-order valence-electron chi connectivity index (χ2n) is 5.83. The van der Waals surface area contributed by atoms with Gasteiger partial charge in [0.25, 0.3) is 5.91 Å². The normalized spacial score (nSPS) is 10.6. The van der Waals surface area contributed by atoms with Crippen LogP contribution in [0.15, 0.2) is 54.6 Å². The largest absolute Gasteiger partial charge is 0.545 e. The summed E-state index contributed by atoms with van der Waals surface area (Å²) in [5.74, 6) is -2.37. The molecule has 0 spiro atoms.